The van der Waals surface area contributed by atoms with Gasteiger partial charge in [0.15, 0.2) is 0 Å². The zero-order valence-corrected chi connectivity index (χ0v) is 10.9. The van der Waals surface area contributed by atoms with E-state index in [9.17, 15) is 5.11 Å². The zero-order chi connectivity index (χ0) is 13.9. The largest absolute Gasteiger partial charge is 0.508 e. The van der Waals surface area contributed by atoms with Gasteiger partial charge in [-0.2, -0.15) is 0 Å². The Bertz CT molecular complexity index is 742. The summed E-state index contributed by atoms with van der Waals surface area (Å²) in [5.74, 6) is 2.33. The van der Waals surface area contributed by atoms with Gasteiger partial charge in [-0.05, 0) is 42.5 Å². The van der Waals surface area contributed by atoms with Crippen LogP contribution in [-0.2, 0) is 0 Å². The molecule has 0 spiro atoms. The molecule has 0 fully saturated rings. The lowest BCUT2D eigenvalue weighted by molar-refractivity contribution is 0.413. The summed E-state index contributed by atoms with van der Waals surface area (Å²) in [4.78, 5) is 8.68. The van der Waals surface area contributed by atoms with Gasteiger partial charge in [-0.1, -0.05) is 0 Å². The van der Waals surface area contributed by atoms with Crippen LogP contribution in [0.15, 0.2) is 48.7 Å². The average Bonchev–Trinajstić information content (AvgIpc) is 2.48. The number of methoxy groups -OCH3 is 1. The number of nitrogens with one attached hydrogen (secondary N) is 1. The minimum atomic E-state index is 0.233. The lowest BCUT2D eigenvalue weighted by Gasteiger charge is -2.07. The molecule has 5 heteroatoms. The number of aromatic hydroxyl groups is 1. The van der Waals surface area contributed by atoms with Gasteiger partial charge < -0.3 is 15.2 Å². The number of fused-ring (bicyclic) bond motifs is 1. The van der Waals surface area contributed by atoms with Crippen LogP contribution in [-0.4, -0.2) is 22.2 Å². The number of rotatable bonds is 3. The molecule has 100 valence electrons. The highest BCUT2D eigenvalue weighted by Crippen LogP contribution is 2.22. The molecule has 0 saturated carbocycles. The van der Waals surface area contributed by atoms with Gasteiger partial charge in [0.05, 0.1) is 18.8 Å². The second-order valence-electron chi connectivity index (χ2n) is 4.28. The third-order valence-electron chi connectivity index (χ3n) is 2.90. The second kappa shape index (κ2) is 5.05. The molecular weight excluding hydrogens is 254 g/mol. The van der Waals surface area contributed by atoms with Gasteiger partial charge in [-0.25, -0.2) is 9.97 Å². The van der Waals surface area contributed by atoms with E-state index in [1.54, 1.807) is 31.5 Å². The van der Waals surface area contributed by atoms with Gasteiger partial charge >= 0.3 is 0 Å². The predicted octanol–water partition coefficient (Wildman–Crippen LogP) is 3.09. The fourth-order valence-electron chi connectivity index (χ4n) is 1.89. The SMILES string of the molecule is COc1ccc(Nc2ccc3cc(O)ccc3n2)nc1. The maximum absolute atomic E-state index is 9.42. The molecule has 0 amide bonds. The van der Waals surface area contributed by atoms with Crippen LogP contribution >= 0.6 is 0 Å². The third-order valence-corrected chi connectivity index (χ3v) is 2.90. The lowest BCUT2D eigenvalue weighted by atomic mass is 10.2. The number of pyridine rings is 2. The first-order valence-electron chi connectivity index (χ1n) is 6.11. The number of anilines is 2. The fourth-order valence-corrected chi connectivity index (χ4v) is 1.89. The number of nitrogens with zero attached hydrogens (tertiary/aromatic N) is 2. The standard InChI is InChI=1S/C15H13N3O2/c1-20-12-4-7-14(16-9-12)18-15-6-2-10-8-11(19)3-5-13(10)17-15/h2-9,19H,1H3,(H,16,17,18). The van der Waals surface area contributed by atoms with Crippen LogP contribution in [0.2, 0.25) is 0 Å². The number of phenolic OH excluding ortho intramolecular Hbond substituents is 1. The Kier molecular flexibility index (Phi) is 3.09. The number of aromatic nitrogens is 2. The Balaban J connectivity index is 1.88. The van der Waals surface area contributed by atoms with E-state index in [-0.39, 0.29) is 5.75 Å². The Hall–Kier alpha value is -2.82. The van der Waals surface area contributed by atoms with Crippen molar-refractivity contribution >= 4 is 22.5 Å². The van der Waals surface area contributed by atoms with Crippen LogP contribution < -0.4 is 10.1 Å². The zero-order valence-electron chi connectivity index (χ0n) is 10.9. The highest BCUT2D eigenvalue weighted by atomic mass is 16.5. The summed E-state index contributed by atoms with van der Waals surface area (Å²) in [7, 11) is 1.60. The van der Waals surface area contributed by atoms with E-state index in [1.807, 2.05) is 24.3 Å². The van der Waals surface area contributed by atoms with Crippen molar-refractivity contribution in [2.75, 3.05) is 12.4 Å². The van der Waals surface area contributed by atoms with Gasteiger partial charge in [-0.15, -0.1) is 0 Å². The van der Waals surface area contributed by atoms with Crippen molar-refractivity contribution in [2.24, 2.45) is 0 Å². The van der Waals surface area contributed by atoms with Crippen LogP contribution in [0.25, 0.3) is 10.9 Å². The third kappa shape index (κ3) is 2.47. The van der Waals surface area contributed by atoms with Crippen molar-refractivity contribution in [1.82, 2.24) is 9.97 Å². The van der Waals surface area contributed by atoms with Gasteiger partial charge in [-0.3, -0.25) is 0 Å². The molecule has 0 aliphatic carbocycles. The quantitative estimate of drug-likeness (QED) is 0.763. The van der Waals surface area contributed by atoms with E-state index >= 15 is 0 Å². The van der Waals surface area contributed by atoms with Gasteiger partial charge in [0.25, 0.3) is 0 Å². The van der Waals surface area contributed by atoms with Crippen LogP contribution in [0.1, 0.15) is 0 Å². The van der Waals surface area contributed by atoms with Crippen molar-refractivity contribution in [3.05, 3.63) is 48.7 Å². The van der Waals surface area contributed by atoms with E-state index in [1.165, 1.54) is 0 Å². The molecule has 3 rings (SSSR count). The Morgan fingerprint density at radius 1 is 1.05 bits per heavy atom. The molecule has 0 aliphatic heterocycles. The highest BCUT2D eigenvalue weighted by Gasteiger charge is 2.01. The maximum Gasteiger partial charge on any atom is 0.137 e. The van der Waals surface area contributed by atoms with Crippen LogP contribution in [0.3, 0.4) is 0 Å². The first-order chi connectivity index (χ1) is 9.74. The Labute approximate surface area is 115 Å². The summed E-state index contributed by atoms with van der Waals surface area (Å²) < 4.78 is 5.06. The minimum absolute atomic E-state index is 0.233. The number of phenols is 1. The second-order valence-corrected chi connectivity index (χ2v) is 4.28. The number of hydrogen-bond donors (Lipinski definition) is 2. The van der Waals surface area contributed by atoms with Crippen molar-refractivity contribution in [3.63, 3.8) is 0 Å². The van der Waals surface area contributed by atoms with E-state index in [0.717, 1.165) is 10.9 Å². The maximum atomic E-state index is 9.42. The molecule has 0 aliphatic rings. The van der Waals surface area contributed by atoms with Gasteiger partial charge in [0.1, 0.15) is 23.1 Å². The van der Waals surface area contributed by atoms with E-state index in [0.29, 0.717) is 17.4 Å². The summed E-state index contributed by atoms with van der Waals surface area (Å²) in [6.45, 7) is 0. The number of ether oxygens (including phenoxy) is 1. The van der Waals surface area contributed by atoms with E-state index in [2.05, 4.69) is 15.3 Å². The Morgan fingerprint density at radius 2 is 1.90 bits per heavy atom. The predicted molar refractivity (Wildman–Crippen MR) is 77.5 cm³/mol. The molecule has 1 aromatic carbocycles. The molecule has 2 aromatic heterocycles. The van der Waals surface area contributed by atoms with Crippen molar-refractivity contribution in [2.45, 2.75) is 0 Å². The molecule has 3 aromatic rings. The molecule has 0 saturated heterocycles. The average molecular weight is 267 g/mol. The molecule has 5 nitrogen and oxygen atoms in total. The van der Waals surface area contributed by atoms with Crippen LogP contribution in [0, 0.1) is 0 Å². The van der Waals surface area contributed by atoms with Gasteiger partial charge in [0, 0.05) is 5.39 Å². The molecule has 0 atom stereocenters. The molecule has 2 heterocycles. The molecular formula is C15H13N3O2. The van der Waals surface area contributed by atoms with Crippen molar-refractivity contribution in [1.29, 1.82) is 0 Å². The summed E-state index contributed by atoms with van der Waals surface area (Å²) in [5.41, 5.74) is 0.807. The summed E-state index contributed by atoms with van der Waals surface area (Å²) in [6.07, 6.45) is 1.64. The lowest BCUT2D eigenvalue weighted by Crippen LogP contribution is -1.96. The fraction of sp³-hybridized carbons (Fsp3) is 0.0667. The van der Waals surface area contributed by atoms with Gasteiger partial charge in [0.2, 0.25) is 0 Å². The van der Waals surface area contributed by atoms with Crippen molar-refractivity contribution < 1.29 is 9.84 Å². The number of hydrogen-bond acceptors (Lipinski definition) is 5. The first kappa shape index (κ1) is 12.2. The van der Waals surface area contributed by atoms with Crippen LogP contribution in [0.5, 0.6) is 11.5 Å². The molecule has 20 heavy (non-hydrogen) atoms. The molecule has 0 radical (unpaired) electrons. The highest BCUT2D eigenvalue weighted by molar-refractivity contribution is 5.82. The summed E-state index contributed by atoms with van der Waals surface area (Å²) in [6, 6.07) is 12.5. The summed E-state index contributed by atoms with van der Waals surface area (Å²) >= 11 is 0. The Morgan fingerprint density at radius 3 is 2.65 bits per heavy atom. The number of benzene rings is 1. The topological polar surface area (TPSA) is 67.3 Å². The molecule has 0 unspecified atom stereocenters. The van der Waals surface area contributed by atoms with Crippen molar-refractivity contribution in [3.8, 4) is 11.5 Å². The monoisotopic (exact) mass is 267 g/mol. The molecule has 0 bridgehead atoms. The minimum Gasteiger partial charge on any atom is -0.508 e. The first-order valence-corrected chi connectivity index (χ1v) is 6.11. The summed E-state index contributed by atoms with van der Waals surface area (Å²) in [5, 5.41) is 13.4. The molecule has 2 N–H and O–H groups in total. The van der Waals surface area contributed by atoms with E-state index in [4.69, 9.17) is 4.74 Å². The van der Waals surface area contributed by atoms with Crippen LogP contribution in [0.4, 0.5) is 11.6 Å². The smallest absolute Gasteiger partial charge is 0.137 e. The normalized spacial score (nSPS) is 10.4. The van der Waals surface area contributed by atoms with E-state index < -0.39 is 0 Å².